The van der Waals surface area contributed by atoms with E-state index in [-0.39, 0.29) is 17.3 Å². The van der Waals surface area contributed by atoms with Gasteiger partial charge in [-0.2, -0.15) is 0 Å². The second-order valence-electron chi connectivity index (χ2n) is 8.68. The molecule has 0 spiro atoms. The fourth-order valence-corrected chi connectivity index (χ4v) is 4.34. The lowest BCUT2D eigenvalue weighted by Gasteiger charge is -2.25. The second-order valence-corrected chi connectivity index (χ2v) is 8.68. The standard InChI is InChI=1S/C28H35NO6/c1-6-34-21-12-9-19(10-13-21)25-24(27(31)28(32)29(25)15-8-16-33-5)26(30)20-11-14-23(35-7-2)22(17-20)18(3)4/h9-14,17-18,25,30H,6-8,15-16H2,1-5H3/b26-24-. The number of benzene rings is 2. The quantitative estimate of drug-likeness (QED) is 0.209. The Hall–Kier alpha value is -3.32. The second kappa shape index (κ2) is 11.9. The maximum atomic E-state index is 13.2. The van der Waals surface area contributed by atoms with Crippen molar-refractivity contribution in [3.05, 3.63) is 64.7 Å². The predicted molar refractivity (Wildman–Crippen MR) is 135 cm³/mol. The average molecular weight is 482 g/mol. The van der Waals surface area contributed by atoms with Crippen LogP contribution >= 0.6 is 0 Å². The van der Waals surface area contributed by atoms with E-state index in [1.165, 1.54) is 4.90 Å². The van der Waals surface area contributed by atoms with Crippen LogP contribution in [0.1, 0.15) is 62.8 Å². The van der Waals surface area contributed by atoms with Gasteiger partial charge in [0.1, 0.15) is 17.3 Å². The maximum Gasteiger partial charge on any atom is 0.295 e. The van der Waals surface area contributed by atoms with Crippen molar-refractivity contribution in [1.29, 1.82) is 0 Å². The smallest absolute Gasteiger partial charge is 0.295 e. The van der Waals surface area contributed by atoms with Crippen LogP contribution in [0.15, 0.2) is 48.0 Å². The molecule has 1 amide bonds. The van der Waals surface area contributed by atoms with Crippen molar-refractivity contribution in [2.75, 3.05) is 33.5 Å². The highest BCUT2D eigenvalue weighted by Gasteiger charge is 2.45. The van der Waals surface area contributed by atoms with Crippen LogP contribution in [0.4, 0.5) is 0 Å². The van der Waals surface area contributed by atoms with Crippen LogP contribution in [0.25, 0.3) is 5.76 Å². The molecule has 1 aliphatic heterocycles. The normalized spacial score (nSPS) is 17.3. The molecule has 1 atom stereocenters. The summed E-state index contributed by atoms with van der Waals surface area (Å²) in [5.74, 6) is 0.0576. The van der Waals surface area contributed by atoms with Gasteiger partial charge in [0.05, 0.1) is 24.8 Å². The Bertz CT molecular complexity index is 1070. The zero-order chi connectivity index (χ0) is 25.5. The minimum atomic E-state index is -0.711. The molecule has 1 fully saturated rings. The van der Waals surface area contributed by atoms with Gasteiger partial charge in [-0.1, -0.05) is 26.0 Å². The number of carbonyl (C=O) groups is 2. The molecule has 3 rings (SSSR count). The maximum absolute atomic E-state index is 13.2. The number of likely N-dealkylation sites (tertiary alicyclic amines) is 1. The van der Waals surface area contributed by atoms with Gasteiger partial charge < -0.3 is 24.2 Å². The molecule has 0 bridgehead atoms. The minimum absolute atomic E-state index is 0.0791. The lowest BCUT2D eigenvalue weighted by Crippen LogP contribution is -2.31. The molecule has 1 N–H and O–H groups in total. The molecular weight excluding hydrogens is 446 g/mol. The molecule has 2 aromatic rings. The molecule has 0 aromatic heterocycles. The number of hydrogen-bond donors (Lipinski definition) is 1. The van der Waals surface area contributed by atoms with E-state index in [0.29, 0.717) is 44.1 Å². The third-order valence-corrected chi connectivity index (χ3v) is 6.00. The summed E-state index contributed by atoms with van der Waals surface area (Å²) in [7, 11) is 1.59. The topological polar surface area (TPSA) is 85.3 Å². The molecule has 1 aliphatic rings. The van der Waals surface area contributed by atoms with E-state index in [2.05, 4.69) is 0 Å². The minimum Gasteiger partial charge on any atom is -0.507 e. The highest BCUT2D eigenvalue weighted by atomic mass is 16.5. The van der Waals surface area contributed by atoms with Gasteiger partial charge in [-0.15, -0.1) is 0 Å². The Morgan fingerprint density at radius 1 is 1.03 bits per heavy atom. The van der Waals surface area contributed by atoms with Crippen LogP contribution in [0.2, 0.25) is 0 Å². The Kier molecular flexibility index (Phi) is 8.93. The number of amides is 1. The molecule has 2 aromatic carbocycles. The van der Waals surface area contributed by atoms with Crippen molar-refractivity contribution in [3.8, 4) is 11.5 Å². The van der Waals surface area contributed by atoms with E-state index in [0.717, 1.165) is 16.9 Å². The predicted octanol–water partition coefficient (Wildman–Crippen LogP) is 5.07. The Morgan fingerprint density at radius 2 is 1.71 bits per heavy atom. The van der Waals surface area contributed by atoms with E-state index >= 15 is 0 Å². The van der Waals surface area contributed by atoms with Crippen LogP contribution in [0, 0.1) is 0 Å². The first-order valence-corrected chi connectivity index (χ1v) is 12.1. The van der Waals surface area contributed by atoms with Crippen LogP contribution in [0.3, 0.4) is 0 Å². The van der Waals surface area contributed by atoms with Crippen molar-refractivity contribution >= 4 is 17.4 Å². The van der Waals surface area contributed by atoms with Gasteiger partial charge in [-0.25, -0.2) is 0 Å². The molecule has 1 unspecified atom stereocenters. The monoisotopic (exact) mass is 481 g/mol. The fraction of sp³-hybridized carbons (Fsp3) is 0.429. The largest absolute Gasteiger partial charge is 0.507 e. The molecule has 35 heavy (non-hydrogen) atoms. The number of ketones is 1. The molecular formula is C28H35NO6. The molecule has 7 heteroatoms. The molecule has 7 nitrogen and oxygen atoms in total. The molecule has 0 saturated carbocycles. The van der Waals surface area contributed by atoms with Crippen molar-refractivity contribution in [2.24, 2.45) is 0 Å². The number of Topliss-reactive ketones (excluding diaryl/α,β-unsaturated/α-hetero) is 1. The van der Waals surface area contributed by atoms with E-state index in [9.17, 15) is 14.7 Å². The summed E-state index contributed by atoms with van der Waals surface area (Å²) < 4.78 is 16.4. The number of rotatable bonds is 11. The first kappa shape index (κ1) is 26.3. The van der Waals surface area contributed by atoms with Gasteiger partial charge in [-0.3, -0.25) is 9.59 Å². The Labute approximate surface area is 207 Å². The number of methoxy groups -OCH3 is 1. The number of aliphatic hydroxyl groups excluding tert-OH is 1. The summed E-state index contributed by atoms with van der Waals surface area (Å²) in [4.78, 5) is 27.8. The summed E-state index contributed by atoms with van der Waals surface area (Å²) in [6.07, 6.45) is 0.567. The van der Waals surface area contributed by atoms with Gasteiger partial charge in [0.25, 0.3) is 11.7 Å². The molecule has 1 heterocycles. The fourth-order valence-electron chi connectivity index (χ4n) is 4.34. The zero-order valence-electron chi connectivity index (χ0n) is 21.2. The average Bonchev–Trinajstić information content (AvgIpc) is 3.10. The zero-order valence-corrected chi connectivity index (χ0v) is 21.2. The van der Waals surface area contributed by atoms with Gasteiger partial charge in [0, 0.05) is 25.8 Å². The van der Waals surface area contributed by atoms with Crippen LogP contribution in [0.5, 0.6) is 11.5 Å². The lowest BCUT2D eigenvalue weighted by molar-refractivity contribution is -0.140. The SMILES string of the molecule is CCOc1ccc(C2/C(=C(/O)c3ccc(OCC)c(C(C)C)c3)C(=O)C(=O)N2CCCOC)cc1. The van der Waals surface area contributed by atoms with Gasteiger partial charge in [0.2, 0.25) is 0 Å². The van der Waals surface area contributed by atoms with Gasteiger partial charge in [-0.05, 0) is 67.6 Å². The van der Waals surface area contributed by atoms with Crippen LogP contribution in [-0.2, 0) is 14.3 Å². The Balaban J connectivity index is 2.12. The number of carbonyl (C=O) groups excluding carboxylic acids is 2. The highest BCUT2D eigenvalue weighted by molar-refractivity contribution is 6.46. The molecule has 188 valence electrons. The van der Waals surface area contributed by atoms with E-state index in [1.807, 2.05) is 58.0 Å². The lowest BCUT2D eigenvalue weighted by atomic mass is 9.93. The van der Waals surface area contributed by atoms with Crippen molar-refractivity contribution in [2.45, 2.75) is 46.1 Å². The summed E-state index contributed by atoms with van der Waals surface area (Å²) in [5, 5.41) is 11.4. The van der Waals surface area contributed by atoms with Crippen molar-refractivity contribution in [1.82, 2.24) is 4.90 Å². The first-order chi connectivity index (χ1) is 16.8. The highest BCUT2D eigenvalue weighted by Crippen LogP contribution is 2.41. The van der Waals surface area contributed by atoms with Crippen molar-refractivity contribution in [3.63, 3.8) is 0 Å². The van der Waals surface area contributed by atoms with Gasteiger partial charge >= 0.3 is 0 Å². The van der Waals surface area contributed by atoms with E-state index in [4.69, 9.17) is 14.2 Å². The van der Waals surface area contributed by atoms with Crippen LogP contribution in [-0.4, -0.2) is 55.2 Å². The number of hydrogen-bond acceptors (Lipinski definition) is 6. The third-order valence-electron chi connectivity index (χ3n) is 6.00. The van der Waals surface area contributed by atoms with E-state index in [1.54, 1.807) is 19.2 Å². The number of nitrogens with zero attached hydrogens (tertiary/aromatic N) is 1. The summed E-state index contributed by atoms with van der Waals surface area (Å²) in [5.41, 5.74) is 2.20. The third kappa shape index (κ3) is 5.68. The Morgan fingerprint density at radius 3 is 2.31 bits per heavy atom. The van der Waals surface area contributed by atoms with Gasteiger partial charge in [0.15, 0.2) is 0 Å². The van der Waals surface area contributed by atoms with Crippen molar-refractivity contribution < 1.29 is 28.9 Å². The summed E-state index contributed by atoms with van der Waals surface area (Å²) in [6, 6.07) is 11.9. The summed E-state index contributed by atoms with van der Waals surface area (Å²) >= 11 is 0. The number of aliphatic hydroxyl groups is 1. The molecule has 0 radical (unpaired) electrons. The van der Waals surface area contributed by atoms with Crippen LogP contribution < -0.4 is 9.47 Å². The first-order valence-electron chi connectivity index (χ1n) is 12.1. The van der Waals surface area contributed by atoms with E-state index < -0.39 is 17.7 Å². The molecule has 0 aliphatic carbocycles. The number of ether oxygens (including phenoxy) is 3. The molecule has 1 saturated heterocycles. The summed E-state index contributed by atoms with van der Waals surface area (Å²) in [6.45, 7) is 9.73.